The summed E-state index contributed by atoms with van der Waals surface area (Å²) in [4.78, 5) is 48.1. The van der Waals surface area contributed by atoms with Crippen molar-refractivity contribution in [1.82, 2.24) is 39.9 Å². The molecule has 3 aromatic heterocycles. The van der Waals surface area contributed by atoms with Crippen LogP contribution in [-0.2, 0) is 0 Å². The summed E-state index contributed by atoms with van der Waals surface area (Å²) in [5, 5.41) is 0. The molecule has 0 N–H and O–H groups in total. The number of benzene rings is 11. The van der Waals surface area contributed by atoms with E-state index in [0.29, 0.717) is 46.6 Å². The third-order valence-corrected chi connectivity index (χ3v) is 15.3. The summed E-state index contributed by atoms with van der Waals surface area (Å²) in [7, 11) is 0. The smallest absolute Gasteiger partial charge is 0.166 e. The van der Waals surface area contributed by atoms with Crippen LogP contribution >= 0.6 is 0 Å². The van der Waals surface area contributed by atoms with Gasteiger partial charge < -0.3 is 4.90 Å². The van der Waals surface area contributed by atoms with Crippen LogP contribution in [0.15, 0.2) is 303 Å². The lowest BCUT2D eigenvalue weighted by Crippen LogP contribution is -2.25. The average molecular weight is 1100 g/mol. The van der Waals surface area contributed by atoms with Gasteiger partial charge >= 0.3 is 0 Å². The van der Waals surface area contributed by atoms with Gasteiger partial charge in [0.2, 0.25) is 0 Å². The van der Waals surface area contributed by atoms with Gasteiger partial charge in [-0.2, -0.15) is 0 Å². The topological polar surface area (TPSA) is 110 Å². The second-order valence-corrected chi connectivity index (χ2v) is 20.7. The summed E-state index contributed by atoms with van der Waals surface area (Å²) in [5.41, 5.74) is 15.5. The molecule has 0 saturated heterocycles. The molecule has 15 rings (SSSR count). The van der Waals surface area contributed by atoms with Crippen LogP contribution in [0.1, 0.15) is 0 Å². The van der Waals surface area contributed by atoms with Crippen molar-refractivity contribution in [2.75, 3.05) is 9.80 Å². The summed E-state index contributed by atoms with van der Waals surface area (Å²) < 4.78 is 0. The molecule has 10 nitrogen and oxygen atoms in total. The fourth-order valence-corrected chi connectivity index (χ4v) is 11.4. The molecule has 86 heavy (non-hydrogen) atoms. The molecule has 14 aromatic rings. The number of hydrogen-bond donors (Lipinski definition) is 0. The third-order valence-electron chi connectivity index (χ3n) is 15.3. The van der Waals surface area contributed by atoms with Crippen molar-refractivity contribution in [3.63, 3.8) is 0 Å². The molecule has 11 aromatic carbocycles. The number of nitrogens with zero attached hydrogens (tertiary/aromatic N) is 10. The fourth-order valence-electron chi connectivity index (χ4n) is 11.4. The Morgan fingerprint density at radius 1 is 0.186 bits per heavy atom. The molecule has 0 spiro atoms. The second-order valence-electron chi connectivity index (χ2n) is 20.7. The quantitative estimate of drug-likeness (QED) is 0.117. The highest BCUT2D eigenvalue weighted by Crippen LogP contribution is 2.59. The average Bonchev–Trinajstić information content (AvgIpc) is 3.78. The van der Waals surface area contributed by atoms with Gasteiger partial charge in [0.15, 0.2) is 40.8 Å². The zero-order valence-electron chi connectivity index (χ0n) is 46.3. The molecule has 0 atom stereocenters. The van der Waals surface area contributed by atoms with E-state index < -0.39 is 0 Å². The van der Waals surface area contributed by atoms with Crippen LogP contribution in [0.5, 0.6) is 0 Å². The first kappa shape index (κ1) is 51.0. The number of rotatable bonds is 12. The predicted octanol–water partition coefficient (Wildman–Crippen LogP) is 18.8. The van der Waals surface area contributed by atoms with E-state index in [1.54, 1.807) is 0 Å². The lowest BCUT2D eigenvalue weighted by Gasteiger charge is -2.41. The van der Waals surface area contributed by atoms with Crippen molar-refractivity contribution < 1.29 is 0 Å². The minimum atomic E-state index is 0.446. The Morgan fingerprint density at radius 2 is 0.477 bits per heavy atom. The van der Waals surface area contributed by atoms with E-state index in [4.69, 9.17) is 39.9 Å². The molecular formula is C76H50N10. The van der Waals surface area contributed by atoms with Crippen molar-refractivity contribution in [2.24, 2.45) is 0 Å². The van der Waals surface area contributed by atoms with Gasteiger partial charge in [-0.05, 0) is 47.0 Å². The van der Waals surface area contributed by atoms with E-state index >= 15 is 0 Å². The number of anilines is 6. The lowest BCUT2D eigenvalue weighted by molar-refractivity contribution is 1.06. The Labute approximate surface area is 497 Å². The number of hydrogen-bond acceptors (Lipinski definition) is 10. The zero-order chi connectivity index (χ0) is 57.2. The van der Waals surface area contributed by atoms with Crippen LogP contribution in [0.3, 0.4) is 0 Å². The molecular weight excluding hydrogens is 1050 g/mol. The summed E-state index contributed by atoms with van der Waals surface area (Å²) in [5.74, 6) is 4.34. The van der Waals surface area contributed by atoms with Crippen molar-refractivity contribution in [3.8, 4) is 113 Å². The number of fused-ring (bicyclic) bond motifs is 2. The summed E-state index contributed by atoms with van der Waals surface area (Å²) in [6.07, 6.45) is 0. The van der Waals surface area contributed by atoms with Gasteiger partial charge in [0.1, 0.15) is 5.82 Å². The van der Waals surface area contributed by atoms with E-state index in [1.165, 1.54) is 0 Å². The van der Waals surface area contributed by atoms with E-state index in [0.717, 1.165) is 101 Å². The summed E-state index contributed by atoms with van der Waals surface area (Å²) >= 11 is 0. The minimum Gasteiger partial charge on any atom is -0.305 e. The van der Waals surface area contributed by atoms with Crippen LogP contribution in [-0.4, -0.2) is 39.9 Å². The first-order valence-electron chi connectivity index (χ1n) is 28.5. The Morgan fingerprint density at radius 3 is 0.860 bits per heavy atom. The monoisotopic (exact) mass is 1100 g/mol. The van der Waals surface area contributed by atoms with Crippen LogP contribution in [0.2, 0.25) is 0 Å². The van der Waals surface area contributed by atoms with Crippen molar-refractivity contribution in [3.05, 3.63) is 303 Å². The van der Waals surface area contributed by atoms with Crippen LogP contribution in [0.25, 0.3) is 113 Å². The molecule has 1 aliphatic rings. The Balaban J connectivity index is 1.09. The summed E-state index contributed by atoms with van der Waals surface area (Å²) in [6, 6.07) is 103. The molecule has 1 aliphatic heterocycles. The molecule has 0 bridgehead atoms. The third kappa shape index (κ3) is 9.68. The minimum absolute atomic E-state index is 0.446. The molecule has 0 unspecified atom stereocenters. The zero-order valence-corrected chi connectivity index (χ0v) is 46.3. The van der Waals surface area contributed by atoms with Gasteiger partial charge in [-0.25, -0.2) is 39.9 Å². The highest BCUT2D eigenvalue weighted by molar-refractivity contribution is 6.10. The lowest BCUT2D eigenvalue weighted by atomic mass is 9.85. The van der Waals surface area contributed by atoms with E-state index in [1.807, 2.05) is 170 Å². The van der Waals surface area contributed by atoms with Crippen LogP contribution in [0, 0.1) is 0 Å². The fraction of sp³-hybridized carbons (Fsp3) is 0. The Bertz CT molecular complexity index is 4510. The summed E-state index contributed by atoms with van der Waals surface area (Å²) in [6.45, 7) is 0. The maximum absolute atomic E-state index is 5.63. The highest BCUT2D eigenvalue weighted by atomic mass is 15.3. The van der Waals surface area contributed by atoms with Gasteiger partial charge in [-0.15, -0.1) is 0 Å². The van der Waals surface area contributed by atoms with E-state index in [-0.39, 0.29) is 0 Å². The van der Waals surface area contributed by atoms with Crippen molar-refractivity contribution >= 4 is 34.3 Å². The van der Waals surface area contributed by atoms with Crippen molar-refractivity contribution in [2.45, 2.75) is 0 Å². The Hall–Kier alpha value is -11.9. The Kier molecular flexibility index (Phi) is 13.3. The number of aromatic nitrogens is 8. The molecule has 4 heterocycles. The van der Waals surface area contributed by atoms with E-state index in [2.05, 4.69) is 143 Å². The molecule has 0 amide bonds. The standard InChI is InChI=1S/C76H50N10/c1-9-29-51(30-10-1)59-49-65(85-61-45-25-27-47-63(61)86(64-48-28-26-46-62(64)85)66-50-60(52-31-11-2-12-32-52)77-70(78-66)54-35-15-4-16-36-54)69(76-83-73(57-41-21-7-22-42-57)80-74(84-76)58-43-23-8-24-44-58)67(53-33-13-3-14-34-53)68(59)75-81-71(55-37-17-5-18-38-55)79-72(82-75)56-39-19-6-20-40-56/h1-50H. The van der Waals surface area contributed by atoms with Crippen LogP contribution < -0.4 is 9.80 Å². The van der Waals surface area contributed by atoms with E-state index in [9.17, 15) is 0 Å². The molecule has 0 aliphatic carbocycles. The first-order chi connectivity index (χ1) is 42.7. The molecule has 0 radical (unpaired) electrons. The SMILES string of the molecule is c1ccc(-c2cc(N3c4ccccc4N(c4cc(-c5ccccc5)c(-c5nc(-c6ccccc6)nc(-c6ccccc6)n5)c(-c5ccccc5)c4-c4nc(-c5ccccc5)nc(-c5ccccc5)n4)c4ccccc43)nc(-c3ccccc3)n2)cc1. The maximum atomic E-state index is 5.63. The maximum Gasteiger partial charge on any atom is 0.166 e. The predicted molar refractivity (Wildman–Crippen MR) is 346 cm³/mol. The van der Waals surface area contributed by atoms with Crippen molar-refractivity contribution in [1.29, 1.82) is 0 Å². The molecule has 0 fully saturated rings. The van der Waals surface area contributed by atoms with Crippen LogP contribution in [0.4, 0.5) is 34.3 Å². The van der Waals surface area contributed by atoms with Gasteiger partial charge in [0.05, 0.1) is 39.7 Å². The molecule has 10 heteroatoms. The highest BCUT2D eigenvalue weighted by Gasteiger charge is 2.37. The first-order valence-corrected chi connectivity index (χ1v) is 28.5. The second kappa shape index (κ2) is 22.5. The van der Waals surface area contributed by atoms with Gasteiger partial charge in [0.25, 0.3) is 0 Å². The largest absolute Gasteiger partial charge is 0.305 e. The molecule has 0 saturated carbocycles. The van der Waals surface area contributed by atoms with Gasteiger partial charge in [0, 0.05) is 50.6 Å². The van der Waals surface area contributed by atoms with Gasteiger partial charge in [-0.3, -0.25) is 4.90 Å². The number of para-hydroxylation sites is 4. The van der Waals surface area contributed by atoms with Gasteiger partial charge in [-0.1, -0.05) is 267 Å². The molecule has 404 valence electrons. The normalized spacial score (nSPS) is 11.7.